The largest absolute Gasteiger partial charge is 0.331 e. The first-order chi connectivity index (χ1) is 11.8. The van der Waals surface area contributed by atoms with Crippen molar-refractivity contribution in [3.63, 3.8) is 0 Å². The van der Waals surface area contributed by atoms with Gasteiger partial charge in [0.1, 0.15) is 0 Å². The number of thiophene rings is 1. The molecule has 0 bridgehead atoms. The number of amides is 1. The topological polar surface area (TPSA) is 25.2 Å². The Hall–Kier alpha value is -2.33. The van der Waals surface area contributed by atoms with Gasteiger partial charge in [-0.2, -0.15) is 0 Å². The van der Waals surface area contributed by atoms with Crippen molar-refractivity contribution in [3.05, 3.63) is 76.2 Å². The molecule has 0 radical (unpaired) electrons. The summed E-state index contributed by atoms with van der Waals surface area (Å²) in [4.78, 5) is 16.5. The van der Waals surface area contributed by atoms with Gasteiger partial charge in [-0.3, -0.25) is 4.79 Å². The summed E-state index contributed by atoms with van der Waals surface area (Å²) in [6.07, 6.45) is 5.94. The van der Waals surface area contributed by atoms with Crippen LogP contribution in [-0.2, 0) is 6.42 Å². The molecule has 4 rings (SSSR count). The number of carbonyl (C=O) groups is 1. The van der Waals surface area contributed by atoms with Gasteiger partial charge in [0.05, 0.1) is 6.04 Å². The zero-order valence-corrected chi connectivity index (χ0v) is 14.5. The summed E-state index contributed by atoms with van der Waals surface area (Å²) in [6, 6.07) is 14.3. The van der Waals surface area contributed by atoms with E-state index in [0.717, 1.165) is 30.6 Å². The Morgan fingerprint density at radius 3 is 2.62 bits per heavy atom. The number of benzene rings is 1. The van der Waals surface area contributed by atoms with E-state index in [2.05, 4.69) is 18.4 Å². The van der Waals surface area contributed by atoms with Crippen LogP contribution < -0.4 is 0 Å². The molecule has 24 heavy (non-hydrogen) atoms. The Labute approximate surface area is 146 Å². The van der Waals surface area contributed by atoms with Crippen molar-refractivity contribution in [3.8, 4) is 5.69 Å². The SMILES string of the molecule is CCC1c2ccsc2CCN1C(=O)c1ccc(-n2cccc2)cc1. The maximum Gasteiger partial charge on any atom is 0.254 e. The summed E-state index contributed by atoms with van der Waals surface area (Å²) < 4.78 is 2.04. The van der Waals surface area contributed by atoms with Gasteiger partial charge in [-0.15, -0.1) is 11.3 Å². The fourth-order valence-corrected chi connectivity index (χ4v) is 4.46. The van der Waals surface area contributed by atoms with Crippen molar-refractivity contribution >= 4 is 17.2 Å². The van der Waals surface area contributed by atoms with Crippen LogP contribution in [0, 0.1) is 0 Å². The predicted molar refractivity (Wildman–Crippen MR) is 97.9 cm³/mol. The van der Waals surface area contributed by atoms with Crippen molar-refractivity contribution < 1.29 is 4.79 Å². The molecule has 4 heteroatoms. The van der Waals surface area contributed by atoms with Crippen LogP contribution in [0.15, 0.2) is 60.2 Å². The van der Waals surface area contributed by atoms with Gasteiger partial charge < -0.3 is 9.47 Å². The van der Waals surface area contributed by atoms with E-state index in [1.807, 2.05) is 69.6 Å². The lowest BCUT2D eigenvalue weighted by atomic mass is 9.97. The van der Waals surface area contributed by atoms with Gasteiger partial charge in [-0.25, -0.2) is 0 Å². The van der Waals surface area contributed by atoms with E-state index in [1.54, 1.807) is 0 Å². The van der Waals surface area contributed by atoms with Gasteiger partial charge in [0.2, 0.25) is 0 Å². The molecular formula is C20H20N2OS. The lowest BCUT2D eigenvalue weighted by molar-refractivity contribution is 0.0657. The van der Waals surface area contributed by atoms with E-state index in [1.165, 1.54) is 10.4 Å². The second kappa shape index (κ2) is 6.29. The van der Waals surface area contributed by atoms with Crippen molar-refractivity contribution in [2.24, 2.45) is 0 Å². The molecule has 1 atom stereocenters. The van der Waals surface area contributed by atoms with Gasteiger partial charge in [-0.05, 0) is 66.2 Å². The van der Waals surface area contributed by atoms with Crippen molar-refractivity contribution in [2.75, 3.05) is 6.54 Å². The van der Waals surface area contributed by atoms with Crippen molar-refractivity contribution in [1.29, 1.82) is 0 Å². The molecule has 1 aliphatic rings. The van der Waals surface area contributed by atoms with E-state index in [0.29, 0.717) is 0 Å². The Kier molecular flexibility index (Phi) is 3.98. The Balaban J connectivity index is 1.59. The van der Waals surface area contributed by atoms with E-state index in [-0.39, 0.29) is 11.9 Å². The summed E-state index contributed by atoms with van der Waals surface area (Å²) in [5.41, 5.74) is 3.18. The average Bonchev–Trinajstić information content (AvgIpc) is 3.31. The number of hydrogen-bond acceptors (Lipinski definition) is 2. The molecule has 0 aliphatic carbocycles. The Morgan fingerprint density at radius 1 is 1.17 bits per heavy atom. The third-order valence-electron chi connectivity index (χ3n) is 4.76. The third-order valence-corrected chi connectivity index (χ3v) is 5.76. The molecule has 2 aromatic heterocycles. The summed E-state index contributed by atoms with van der Waals surface area (Å²) >= 11 is 1.81. The van der Waals surface area contributed by atoms with Gasteiger partial charge in [0, 0.05) is 35.1 Å². The van der Waals surface area contributed by atoms with E-state index < -0.39 is 0 Å². The highest BCUT2D eigenvalue weighted by atomic mass is 32.1. The van der Waals surface area contributed by atoms with Crippen LogP contribution in [0.25, 0.3) is 5.69 Å². The quantitative estimate of drug-likeness (QED) is 0.681. The number of fused-ring (bicyclic) bond motifs is 1. The number of nitrogens with zero attached hydrogens (tertiary/aromatic N) is 2. The molecule has 3 heterocycles. The second-order valence-electron chi connectivity index (χ2n) is 6.11. The first kappa shape index (κ1) is 15.2. The monoisotopic (exact) mass is 336 g/mol. The minimum Gasteiger partial charge on any atom is -0.331 e. The minimum absolute atomic E-state index is 0.137. The molecular weight excluding hydrogens is 316 g/mol. The first-order valence-corrected chi connectivity index (χ1v) is 9.26. The Morgan fingerprint density at radius 2 is 1.92 bits per heavy atom. The average molecular weight is 336 g/mol. The normalized spacial score (nSPS) is 16.9. The van der Waals surface area contributed by atoms with Crippen LogP contribution in [0.2, 0.25) is 0 Å². The molecule has 0 fully saturated rings. The standard InChI is InChI=1S/C20H20N2OS/c1-2-18-17-10-14-24-19(17)9-13-22(18)20(23)15-5-7-16(8-6-15)21-11-3-4-12-21/h3-8,10-12,14,18H,2,9,13H2,1H3. The molecule has 122 valence electrons. The fraction of sp³-hybridized carbons (Fsp3) is 0.250. The van der Waals surface area contributed by atoms with Crippen LogP contribution in [0.3, 0.4) is 0 Å². The highest BCUT2D eigenvalue weighted by Gasteiger charge is 2.30. The van der Waals surface area contributed by atoms with Crippen LogP contribution in [0.4, 0.5) is 0 Å². The van der Waals surface area contributed by atoms with Gasteiger partial charge >= 0.3 is 0 Å². The molecule has 1 aromatic carbocycles. The predicted octanol–water partition coefficient (Wildman–Crippen LogP) is 4.69. The smallest absolute Gasteiger partial charge is 0.254 e. The number of aromatic nitrogens is 1. The molecule has 0 spiro atoms. The van der Waals surface area contributed by atoms with E-state index in [4.69, 9.17) is 0 Å². The van der Waals surface area contributed by atoms with Crippen LogP contribution >= 0.6 is 11.3 Å². The summed E-state index contributed by atoms with van der Waals surface area (Å²) in [5, 5.41) is 2.15. The zero-order valence-electron chi connectivity index (χ0n) is 13.7. The molecule has 0 N–H and O–H groups in total. The van der Waals surface area contributed by atoms with Crippen LogP contribution in [0.1, 0.15) is 40.2 Å². The molecule has 0 saturated heterocycles. The van der Waals surface area contributed by atoms with Gasteiger partial charge in [-0.1, -0.05) is 6.92 Å². The maximum atomic E-state index is 13.0. The first-order valence-electron chi connectivity index (χ1n) is 8.38. The highest BCUT2D eigenvalue weighted by Crippen LogP contribution is 2.36. The van der Waals surface area contributed by atoms with Crippen LogP contribution in [-0.4, -0.2) is 21.9 Å². The van der Waals surface area contributed by atoms with E-state index >= 15 is 0 Å². The minimum atomic E-state index is 0.137. The fourth-order valence-electron chi connectivity index (χ4n) is 3.53. The summed E-state index contributed by atoms with van der Waals surface area (Å²) in [7, 11) is 0. The molecule has 1 amide bonds. The van der Waals surface area contributed by atoms with Crippen LogP contribution in [0.5, 0.6) is 0 Å². The van der Waals surface area contributed by atoms with Gasteiger partial charge in [0.25, 0.3) is 5.91 Å². The van der Waals surface area contributed by atoms with Crippen molar-refractivity contribution in [2.45, 2.75) is 25.8 Å². The second-order valence-corrected chi connectivity index (χ2v) is 7.11. The summed E-state index contributed by atoms with van der Waals surface area (Å²) in [6.45, 7) is 2.97. The number of hydrogen-bond donors (Lipinski definition) is 0. The zero-order chi connectivity index (χ0) is 16.5. The number of rotatable bonds is 3. The van der Waals surface area contributed by atoms with Gasteiger partial charge in [0.15, 0.2) is 0 Å². The molecule has 1 unspecified atom stereocenters. The molecule has 1 aliphatic heterocycles. The number of carbonyl (C=O) groups excluding carboxylic acids is 1. The lowest BCUT2D eigenvalue weighted by Gasteiger charge is -2.35. The highest BCUT2D eigenvalue weighted by molar-refractivity contribution is 7.10. The molecule has 3 nitrogen and oxygen atoms in total. The maximum absolute atomic E-state index is 13.0. The van der Waals surface area contributed by atoms with E-state index in [9.17, 15) is 4.79 Å². The molecule has 3 aromatic rings. The van der Waals surface area contributed by atoms with Crippen molar-refractivity contribution in [1.82, 2.24) is 9.47 Å². The Bertz CT molecular complexity index is 833. The lowest BCUT2D eigenvalue weighted by Crippen LogP contribution is -2.39. The third kappa shape index (κ3) is 2.57. The summed E-state index contributed by atoms with van der Waals surface area (Å²) in [5.74, 6) is 0.137. The molecule has 0 saturated carbocycles.